The second kappa shape index (κ2) is 25.7. The zero-order valence-electron chi connectivity index (χ0n) is 44.1. The van der Waals surface area contributed by atoms with E-state index in [0.717, 1.165) is 53.2 Å². The molecule has 0 radical (unpaired) electrons. The number of non-ortho nitro benzene ring substituents is 1. The first kappa shape index (κ1) is 55.2. The van der Waals surface area contributed by atoms with Crippen molar-refractivity contribution in [2.45, 2.75) is 94.8 Å². The van der Waals surface area contributed by atoms with Crippen molar-refractivity contribution < 1.29 is 58.0 Å². The van der Waals surface area contributed by atoms with Crippen molar-refractivity contribution in [2.75, 3.05) is 46.0 Å². The molecule has 2 fully saturated rings. The number of rotatable bonds is 23. The van der Waals surface area contributed by atoms with Crippen LogP contribution in [0.25, 0.3) is 16.8 Å². The molecule has 0 bridgehead atoms. The van der Waals surface area contributed by atoms with Gasteiger partial charge in [-0.3, -0.25) is 20.2 Å². The Morgan fingerprint density at radius 3 is 2.45 bits per heavy atom. The molecule has 2 heterocycles. The van der Waals surface area contributed by atoms with Gasteiger partial charge in [0.05, 0.1) is 49.7 Å². The van der Waals surface area contributed by atoms with Crippen LogP contribution in [0.2, 0.25) is 0 Å². The molecule has 2 amide bonds. The molecular weight excluding hydrogens is 997 g/mol. The van der Waals surface area contributed by atoms with Crippen LogP contribution < -0.4 is 24.3 Å². The number of anilines is 1. The Kier molecular flexibility index (Phi) is 18.2. The second-order valence-electron chi connectivity index (χ2n) is 20.0. The highest BCUT2D eigenvalue weighted by atomic mass is 16.8. The van der Waals surface area contributed by atoms with Gasteiger partial charge in [-0.25, -0.2) is 4.79 Å². The van der Waals surface area contributed by atoms with Crippen LogP contribution in [0.4, 0.5) is 16.2 Å². The van der Waals surface area contributed by atoms with E-state index >= 15 is 4.79 Å². The second-order valence-corrected chi connectivity index (χ2v) is 20.0. The van der Waals surface area contributed by atoms with Crippen molar-refractivity contribution in [2.24, 2.45) is 22.9 Å². The van der Waals surface area contributed by atoms with Gasteiger partial charge in [-0.15, -0.1) is 6.58 Å². The van der Waals surface area contributed by atoms with Gasteiger partial charge in [0, 0.05) is 68.4 Å². The highest BCUT2D eigenvalue weighted by Crippen LogP contribution is 2.62. The number of ether oxygens (including phenoxy) is 6. The number of oxime groups is 1. The molecule has 17 heteroatoms. The van der Waals surface area contributed by atoms with E-state index < -0.39 is 41.0 Å². The number of fused-ring (bicyclic) bond motifs is 3. The lowest BCUT2D eigenvalue weighted by atomic mass is 9.55. The van der Waals surface area contributed by atoms with Gasteiger partial charge < -0.3 is 48.4 Å². The number of nitrogens with zero attached hydrogens (tertiary/aromatic N) is 3. The highest BCUT2D eigenvalue weighted by Gasteiger charge is 2.65. The van der Waals surface area contributed by atoms with Crippen LogP contribution in [0.5, 0.6) is 23.0 Å². The normalized spacial score (nSPS) is 22.8. The van der Waals surface area contributed by atoms with Crippen LogP contribution in [-0.2, 0) is 25.7 Å². The average molecular weight is 1070 g/mol. The number of carbonyl (C=O) groups excluding carboxylic acids is 2. The molecule has 2 aliphatic heterocycles. The molecule has 17 nitrogen and oxygen atoms in total. The van der Waals surface area contributed by atoms with E-state index in [9.17, 15) is 25.1 Å². The van der Waals surface area contributed by atoms with E-state index in [-0.39, 0.29) is 62.0 Å². The van der Waals surface area contributed by atoms with Crippen molar-refractivity contribution in [1.29, 1.82) is 0 Å². The number of hydrogen-bond acceptors (Lipinski definition) is 14. The van der Waals surface area contributed by atoms with E-state index in [4.69, 9.17) is 38.4 Å². The molecule has 410 valence electrons. The molecule has 1 saturated heterocycles. The van der Waals surface area contributed by atoms with Crippen molar-refractivity contribution in [3.8, 4) is 23.0 Å². The minimum Gasteiger partial charge on any atom is -0.497 e. The fourth-order valence-corrected chi connectivity index (χ4v) is 11.7. The van der Waals surface area contributed by atoms with Crippen LogP contribution in [0.1, 0.15) is 86.8 Å². The van der Waals surface area contributed by atoms with Gasteiger partial charge in [0.25, 0.3) is 5.69 Å². The Morgan fingerprint density at radius 1 is 0.923 bits per heavy atom. The van der Waals surface area contributed by atoms with E-state index in [1.54, 1.807) is 66.6 Å². The maximum absolute atomic E-state index is 15.6. The third-order valence-corrected chi connectivity index (χ3v) is 15.3. The van der Waals surface area contributed by atoms with Gasteiger partial charge in [-0.2, -0.15) is 0 Å². The third-order valence-electron chi connectivity index (χ3n) is 15.3. The first-order valence-electron chi connectivity index (χ1n) is 26.8. The summed E-state index contributed by atoms with van der Waals surface area (Å²) in [5.41, 5.74) is 3.90. The number of nitro benzene ring substituents is 1. The van der Waals surface area contributed by atoms with Gasteiger partial charge >= 0.3 is 6.09 Å². The van der Waals surface area contributed by atoms with Crippen molar-refractivity contribution in [1.82, 2.24) is 4.90 Å². The zero-order valence-corrected chi connectivity index (χ0v) is 44.1. The number of unbranched alkanes of at least 4 members (excludes halogenated alkanes) is 2. The van der Waals surface area contributed by atoms with Crippen LogP contribution in [0, 0.1) is 27.9 Å². The summed E-state index contributed by atoms with van der Waals surface area (Å²) in [4.78, 5) is 48.7. The number of methoxy groups -OCH3 is 2. The summed E-state index contributed by atoms with van der Waals surface area (Å²) in [6.45, 7) is 4.79. The van der Waals surface area contributed by atoms with Gasteiger partial charge in [0.1, 0.15) is 29.0 Å². The molecule has 1 saturated carbocycles. The van der Waals surface area contributed by atoms with Crippen LogP contribution >= 0.6 is 0 Å². The van der Waals surface area contributed by atoms with Gasteiger partial charge in [0.2, 0.25) is 18.0 Å². The molecule has 9 rings (SSSR count). The average Bonchev–Trinajstić information content (AvgIpc) is 2.81. The number of aliphatic hydroxyl groups is 2. The fourth-order valence-electron chi connectivity index (χ4n) is 11.7. The van der Waals surface area contributed by atoms with Gasteiger partial charge in [-0.05, 0) is 126 Å². The predicted molar refractivity (Wildman–Crippen MR) is 295 cm³/mol. The topological polar surface area (TPSA) is 210 Å². The zero-order chi connectivity index (χ0) is 54.6. The van der Waals surface area contributed by atoms with Gasteiger partial charge in [0.15, 0.2) is 0 Å². The molecule has 0 aromatic heterocycles. The number of nitro groups is 1. The molecule has 3 N–H and O–H groups in total. The minimum absolute atomic E-state index is 0.00728. The lowest BCUT2D eigenvalue weighted by Gasteiger charge is -2.60. The number of benzene rings is 5. The predicted octanol–water partition coefficient (Wildman–Crippen LogP) is 11.3. The number of hydrogen-bond donors (Lipinski definition) is 3. The standard InChI is InChI=1S/C61H68N4O13/c1-4-33-75-61-55(64(39-43-17-13-16-41-14-5-6-18-47(41)43)56(68)30-23-40-21-24-44(25-22-40)65(70)71)38-52(63-78-57-20-9-12-34-74-57)49-35-42(15-7-10-31-66)48(19-8-11-32-67)58(59(49)61)50-36-46(27-29-53(50)77-61)76-60(69)62-51-28-26-45(72-2)37-54(51)73-3/h4-6,13-14,16-18,21-30,35-37,42,48,55,57-59,66-67H,1,7-12,15,19-20,31-34,38-39H2,2-3H3,(H,62,69). The lowest BCUT2D eigenvalue weighted by molar-refractivity contribution is -0.384. The first-order chi connectivity index (χ1) is 38.1. The molecule has 5 aromatic carbocycles. The molecule has 5 aromatic rings. The summed E-state index contributed by atoms with van der Waals surface area (Å²) in [5.74, 6) is -1.71. The van der Waals surface area contributed by atoms with Crippen molar-refractivity contribution in [3.05, 3.63) is 160 Å². The molecule has 4 aliphatic rings. The van der Waals surface area contributed by atoms with Crippen LogP contribution in [0.3, 0.4) is 0 Å². The quantitative estimate of drug-likeness (QED) is 0.0183. The molecule has 7 unspecified atom stereocenters. The van der Waals surface area contributed by atoms with E-state index in [1.165, 1.54) is 25.3 Å². The number of carbonyl (C=O) groups is 2. The number of aliphatic hydroxyl groups excluding tert-OH is 2. The molecular formula is C61H68N4O13. The molecule has 2 aliphatic carbocycles. The Hall–Kier alpha value is -7.57. The van der Waals surface area contributed by atoms with Crippen molar-refractivity contribution >= 4 is 45.9 Å². The smallest absolute Gasteiger partial charge is 0.417 e. The summed E-state index contributed by atoms with van der Waals surface area (Å²) in [5, 5.41) is 41.6. The van der Waals surface area contributed by atoms with E-state index in [0.29, 0.717) is 72.9 Å². The van der Waals surface area contributed by atoms with E-state index in [2.05, 4.69) is 18.0 Å². The Labute approximate surface area is 454 Å². The Morgan fingerprint density at radius 2 is 1.71 bits per heavy atom. The first-order valence-corrected chi connectivity index (χ1v) is 26.8. The molecule has 0 spiro atoms. The molecule has 7 atom stereocenters. The third kappa shape index (κ3) is 12.2. The summed E-state index contributed by atoms with van der Waals surface area (Å²) >= 11 is 0. The van der Waals surface area contributed by atoms with Crippen LogP contribution in [-0.4, -0.2) is 96.5 Å². The number of amides is 2. The number of nitrogens with one attached hydrogen (secondary N) is 1. The largest absolute Gasteiger partial charge is 0.497 e. The highest BCUT2D eigenvalue weighted by molar-refractivity contribution is 6.03. The van der Waals surface area contributed by atoms with Gasteiger partial charge in [-0.1, -0.05) is 72.6 Å². The maximum Gasteiger partial charge on any atom is 0.417 e. The summed E-state index contributed by atoms with van der Waals surface area (Å²) < 4.78 is 37.8. The lowest BCUT2D eigenvalue weighted by Crippen LogP contribution is -2.70. The fraction of sp³-hybridized carbons (Fsp3) is 0.393. The minimum atomic E-state index is -1.63. The van der Waals surface area contributed by atoms with Crippen LogP contribution in [0.15, 0.2) is 139 Å². The summed E-state index contributed by atoms with van der Waals surface area (Å²) in [6, 6.07) is 29.4. The van der Waals surface area contributed by atoms with E-state index in [1.807, 2.05) is 48.5 Å². The van der Waals surface area contributed by atoms with Crippen molar-refractivity contribution in [3.63, 3.8) is 0 Å². The Balaban J connectivity index is 1.23. The monoisotopic (exact) mass is 1060 g/mol. The maximum atomic E-state index is 15.6. The summed E-state index contributed by atoms with van der Waals surface area (Å²) in [6.07, 6.45) is 12.2. The summed E-state index contributed by atoms with van der Waals surface area (Å²) in [7, 11) is 3.03. The SMILES string of the molecule is C=CCOC12Oc3ccc(OC(=O)Nc4ccc(OC)cc4OC)cc3C3C(CCCCO)C(CCCCO)C=C(C(=NOC4CCCCO4)CC1N(Cc1cccc4ccccc14)C(=O)C=Cc1ccc([N+](=O)[O-])cc1)C32. The Bertz CT molecular complexity index is 3020. The number of allylic oxidation sites excluding steroid dienone is 1. The molecule has 78 heavy (non-hydrogen) atoms.